The molecule has 0 radical (unpaired) electrons. The number of rotatable bonds is 4. The highest BCUT2D eigenvalue weighted by Gasteiger charge is 2.11. The zero-order valence-corrected chi connectivity index (χ0v) is 12.1. The van der Waals surface area contributed by atoms with Gasteiger partial charge in [-0.2, -0.15) is 0 Å². The molecule has 0 saturated carbocycles. The van der Waals surface area contributed by atoms with Crippen LogP contribution in [0.4, 0.5) is 11.4 Å². The lowest BCUT2D eigenvalue weighted by Gasteiger charge is -2.21. The Kier molecular flexibility index (Phi) is 3.64. The smallest absolute Gasteiger partial charge is 0.0597 e. The van der Waals surface area contributed by atoms with Gasteiger partial charge in [0.15, 0.2) is 0 Å². The van der Waals surface area contributed by atoms with Crippen molar-refractivity contribution in [3.05, 3.63) is 59.2 Å². The van der Waals surface area contributed by atoms with E-state index in [9.17, 15) is 0 Å². The number of nitrogens with zero attached hydrogens (tertiary/aromatic N) is 1. The third-order valence-corrected chi connectivity index (χ3v) is 4.25. The third-order valence-electron chi connectivity index (χ3n) is 4.25. The van der Waals surface area contributed by atoms with E-state index in [0.717, 1.165) is 24.3 Å². The van der Waals surface area contributed by atoms with Crippen LogP contribution < -0.4 is 10.6 Å². The molecule has 0 heterocycles. The highest BCUT2D eigenvalue weighted by Crippen LogP contribution is 2.24. The number of likely N-dealkylation sites (N-methyl/N-ethyl adjacent to an activating group) is 1. The molecule has 1 aliphatic carbocycles. The average Bonchev–Trinajstić information content (AvgIpc) is 2.92. The quantitative estimate of drug-likeness (QED) is 0.859. The van der Waals surface area contributed by atoms with Gasteiger partial charge in [-0.15, -0.1) is 0 Å². The van der Waals surface area contributed by atoms with Crippen LogP contribution in [0.25, 0.3) is 0 Å². The van der Waals surface area contributed by atoms with Crippen molar-refractivity contribution in [2.24, 2.45) is 0 Å². The van der Waals surface area contributed by atoms with Gasteiger partial charge in [-0.05, 0) is 54.5 Å². The van der Waals surface area contributed by atoms with Crippen LogP contribution in [-0.2, 0) is 19.3 Å². The zero-order chi connectivity index (χ0) is 13.9. The van der Waals surface area contributed by atoms with Gasteiger partial charge in [0.1, 0.15) is 0 Å². The first kappa shape index (κ1) is 13.0. The van der Waals surface area contributed by atoms with Gasteiger partial charge in [0, 0.05) is 13.6 Å². The number of hydrogen-bond acceptors (Lipinski definition) is 2. The summed E-state index contributed by atoms with van der Waals surface area (Å²) in [6.07, 6.45) is 4.90. The van der Waals surface area contributed by atoms with Crippen molar-refractivity contribution in [1.29, 1.82) is 0 Å². The van der Waals surface area contributed by atoms with E-state index in [4.69, 9.17) is 5.73 Å². The van der Waals surface area contributed by atoms with Crippen molar-refractivity contribution in [2.45, 2.75) is 25.7 Å². The Balaban J connectivity index is 1.66. The standard InChI is InChI=1S/C18H22N2/c1-20(18-8-3-2-7-17(18)19)12-11-14-9-10-15-5-4-6-16(15)13-14/h2-3,7-10,13H,4-6,11-12,19H2,1H3. The summed E-state index contributed by atoms with van der Waals surface area (Å²) in [6.45, 7) is 0.993. The minimum Gasteiger partial charge on any atom is -0.397 e. The molecule has 3 rings (SSSR count). The summed E-state index contributed by atoms with van der Waals surface area (Å²) in [5.74, 6) is 0. The van der Waals surface area contributed by atoms with Crippen LogP contribution in [0, 0.1) is 0 Å². The first-order chi connectivity index (χ1) is 9.74. The van der Waals surface area contributed by atoms with Crippen LogP contribution in [0.5, 0.6) is 0 Å². The van der Waals surface area contributed by atoms with Gasteiger partial charge >= 0.3 is 0 Å². The molecule has 0 aliphatic heterocycles. The Morgan fingerprint density at radius 3 is 2.70 bits per heavy atom. The van der Waals surface area contributed by atoms with E-state index in [0.29, 0.717) is 0 Å². The number of nitrogens with two attached hydrogens (primary N) is 1. The first-order valence-corrected chi connectivity index (χ1v) is 7.40. The Hall–Kier alpha value is -1.96. The van der Waals surface area contributed by atoms with Gasteiger partial charge in [-0.3, -0.25) is 0 Å². The summed E-state index contributed by atoms with van der Waals surface area (Å²) in [7, 11) is 2.11. The predicted octanol–water partition coefficient (Wildman–Crippen LogP) is 3.44. The summed E-state index contributed by atoms with van der Waals surface area (Å²) in [4.78, 5) is 2.24. The van der Waals surface area contributed by atoms with Crippen LogP contribution in [0.3, 0.4) is 0 Å². The highest BCUT2D eigenvalue weighted by atomic mass is 15.1. The van der Waals surface area contributed by atoms with Crippen molar-refractivity contribution >= 4 is 11.4 Å². The minimum atomic E-state index is 0.851. The molecule has 2 aromatic carbocycles. The van der Waals surface area contributed by atoms with Crippen LogP contribution in [0.1, 0.15) is 23.1 Å². The molecule has 0 spiro atoms. The second-order valence-electron chi connectivity index (χ2n) is 5.69. The second-order valence-corrected chi connectivity index (χ2v) is 5.69. The van der Waals surface area contributed by atoms with Gasteiger partial charge in [0.25, 0.3) is 0 Å². The average molecular weight is 266 g/mol. The van der Waals surface area contributed by atoms with Crippen molar-refractivity contribution in [2.75, 3.05) is 24.2 Å². The Morgan fingerprint density at radius 2 is 1.85 bits per heavy atom. The summed E-state index contributed by atoms with van der Waals surface area (Å²) in [5, 5.41) is 0. The van der Waals surface area contributed by atoms with E-state index in [2.05, 4.69) is 36.2 Å². The van der Waals surface area contributed by atoms with E-state index >= 15 is 0 Å². The number of aryl methyl sites for hydroxylation is 2. The largest absolute Gasteiger partial charge is 0.397 e. The molecule has 0 fully saturated rings. The SMILES string of the molecule is CN(CCc1ccc2c(c1)CCC2)c1ccccc1N. The van der Waals surface area contributed by atoms with Gasteiger partial charge in [0.2, 0.25) is 0 Å². The summed E-state index contributed by atoms with van der Waals surface area (Å²) >= 11 is 0. The van der Waals surface area contributed by atoms with E-state index in [-0.39, 0.29) is 0 Å². The fourth-order valence-electron chi connectivity index (χ4n) is 3.03. The minimum absolute atomic E-state index is 0.851. The maximum Gasteiger partial charge on any atom is 0.0597 e. The Labute approximate surface area is 121 Å². The number of anilines is 2. The monoisotopic (exact) mass is 266 g/mol. The zero-order valence-electron chi connectivity index (χ0n) is 12.1. The summed E-state index contributed by atoms with van der Waals surface area (Å²) in [6, 6.07) is 15.1. The van der Waals surface area contributed by atoms with E-state index in [1.165, 1.54) is 24.8 Å². The highest BCUT2D eigenvalue weighted by molar-refractivity contribution is 5.66. The lowest BCUT2D eigenvalue weighted by molar-refractivity contribution is 0.875. The van der Waals surface area contributed by atoms with E-state index in [1.54, 1.807) is 11.1 Å². The van der Waals surface area contributed by atoms with Gasteiger partial charge < -0.3 is 10.6 Å². The van der Waals surface area contributed by atoms with E-state index in [1.807, 2.05) is 18.2 Å². The van der Waals surface area contributed by atoms with Gasteiger partial charge in [0.05, 0.1) is 11.4 Å². The van der Waals surface area contributed by atoms with Crippen molar-refractivity contribution < 1.29 is 0 Å². The van der Waals surface area contributed by atoms with Crippen molar-refractivity contribution in [3.63, 3.8) is 0 Å². The molecule has 0 atom stereocenters. The first-order valence-electron chi connectivity index (χ1n) is 7.40. The van der Waals surface area contributed by atoms with Crippen LogP contribution in [-0.4, -0.2) is 13.6 Å². The van der Waals surface area contributed by atoms with Crippen LogP contribution in [0.2, 0.25) is 0 Å². The molecule has 1 aliphatic rings. The van der Waals surface area contributed by atoms with Crippen LogP contribution in [0.15, 0.2) is 42.5 Å². The third kappa shape index (κ3) is 2.64. The fourth-order valence-corrected chi connectivity index (χ4v) is 3.03. The second kappa shape index (κ2) is 5.58. The number of fused-ring (bicyclic) bond motifs is 1. The van der Waals surface area contributed by atoms with Gasteiger partial charge in [-0.1, -0.05) is 30.3 Å². The Bertz CT molecular complexity index is 604. The maximum atomic E-state index is 6.02. The van der Waals surface area contributed by atoms with E-state index < -0.39 is 0 Å². The lowest BCUT2D eigenvalue weighted by Crippen LogP contribution is -2.21. The molecule has 0 amide bonds. The predicted molar refractivity (Wildman–Crippen MR) is 86.3 cm³/mol. The topological polar surface area (TPSA) is 29.3 Å². The molecule has 0 unspecified atom stereocenters. The normalized spacial score (nSPS) is 13.2. The Morgan fingerprint density at radius 1 is 1.05 bits per heavy atom. The van der Waals surface area contributed by atoms with Crippen molar-refractivity contribution in [1.82, 2.24) is 0 Å². The number of para-hydroxylation sites is 2. The molecule has 2 aromatic rings. The lowest BCUT2D eigenvalue weighted by atomic mass is 10.0. The molecule has 2 heteroatoms. The molecule has 2 nitrogen and oxygen atoms in total. The van der Waals surface area contributed by atoms with Crippen molar-refractivity contribution in [3.8, 4) is 0 Å². The van der Waals surface area contributed by atoms with Gasteiger partial charge in [-0.25, -0.2) is 0 Å². The van der Waals surface area contributed by atoms with Crippen LogP contribution >= 0.6 is 0 Å². The molecule has 0 aromatic heterocycles. The fraction of sp³-hybridized carbons (Fsp3) is 0.333. The molecular weight excluding hydrogens is 244 g/mol. The molecular formula is C18H22N2. The maximum absolute atomic E-state index is 6.02. The molecule has 0 saturated heterocycles. The summed E-state index contributed by atoms with van der Waals surface area (Å²) < 4.78 is 0. The number of nitrogen functional groups attached to an aromatic ring is 1. The molecule has 20 heavy (non-hydrogen) atoms. The molecule has 104 valence electrons. The molecule has 2 N–H and O–H groups in total. The number of benzene rings is 2. The number of hydrogen-bond donors (Lipinski definition) is 1. The molecule has 0 bridgehead atoms. The summed E-state index contributed by atoms with van der Waals surface area (Å²) in [5.41, 5.74) is 12.5.